The maximum Gasteiger partial charge on any atom is 0.0515 e. The van der Waals surface area contributed by atoms with Crippen molar-refractivity contribution < 1.29 is 9.84 Å². The lowest BCUT2D eigenvalue weighted by Gasteiger charge is -2.10. The fraction of sp³-hybridized carbons (Fsp3) is 0.556. The minimum Gasteiger partial charge on any atom is -0.396 e. The van der Waals surface area contributed by atoms with Gasteiger partial charge in [-0.25, -0.2) is 0 Å². The van der Waals surface area contributed by atoms with Gasteiger partial charge < -0.3 is 9.84 Å². The molecule has 0 bridgehead atoms. The third-order valence-electron chi connectivity index (χ3n) is 1.73. The van der Waals surface area contributed by atoms with E-state index in [0.29, 0.717) is 6.61 Å². The van der Waals surface area contributed by atoms with E-state index >= 15 is 0 Å². The topological polar surface area (TPSA) is 29.5 Å². The predicted octanol–water partition coefficient (Wildman–Crippen LogP) is 1.55. The van der Waals surface area contributed by atoms with E-state index in [1.54, 1.807) is 18.4 Å². The van der Waals surface area contributed by atoms with Crippen molar-refractivity contribution in [3.05, 3.63) is 22.4 Å². The molecule has 0 aromatic carbocycles. The maximum absolute atomic E-state index is 8.98. The summed E-state index contributed by atoms with van der Waals surface area (Å²) < 4.78 is 4.99. The molecule has 1 rings (SSSR count). The number of ether oxygens (including phenoxy) is 1. The van der Waals surface area contributed by atoms with Gasteiger partial charge in [0.05, 0.1) is 6.61 Å². The Bertz CT molecular complexity index is 196. The van der Waals surface area contributed by atoms with E-state index in [1.807, 2.05) is 6.07 Å². The van der Waals surface area contributed by atoms with E-state index in [0.717, 1.165) is 6.42 Å². The first-order valence-electron chi connectivity index (χ1n) is 3.99. The second-order valence-corrected chi connectivity index (χ2v) is 3.82. The molecular formula is C9H14O2S. The van der Waals surface area contributed by atoms with Crippen molar-refractivity contribution in [3.8, 4) is 0 Å². The lowest BCUT2D eigenvalue weighted by atomic mass is 10.1. The number of rotatable bonds is 5. The summed E-state index contributed by atoms with van der Waals surface area (Å²) in [5, 5.41) is 11.0. The molecule has 0 spiro atoms. The van der Waals surface area contributed by atoms with Crippen LogP contribution in [0.25, 0.3) is 0 Å². The zero-order chi connectivity index (χ0) is 8.81. The third kappa shape index (κ3) is 2.93. The molecule has 1 atom stereocenters. The molecule has 68 valence electrons. The van der Waals surface area contributed by atoms with Crippen LogP contribution in [0.4, 0.5) is 0 Å². The Morgan fingerprint density at radius 2 is 2.50 bits per heavy atom. The number of aliphatic hydroxyl groups excluding tert-OH is 1. The minimum atomic E-state index is 0.200. The Labute approximate surface area is 76.8 Å². The molecule has 2 nitrogen and oxygen atoms in total. The highest BCUT2D eigenvalue weighted by molar-refractivity contribution is 7.09. The standard InChI is InChI=1S/C9H14O2S/c1-11-7-8(6-10)5-9-3-2-4-12-9/h2-4,8,10H,5-7H2,1H3. The van der Waals surface area contributed by atoms with Gasteiger partial charge in [0.1, 0.15) is 0 Å². The van der Waals surface area contributed by atoms with Crippen LogP contribution >= 0.6 is 11.3 Å². The van der Waals surface area contributed by atoms with Gasteiger partial charge in [0.2, 0.25) is 0 Å². The van der Waals surface area contributed by atoms with Gasteiger partial charge in [-0.1, -0.05) is 6.07 Å². The van der Waals surface area contributed by atoms with Gasteiger partial charge in [-0.15, -0.1) is 11.3 Å². The highest BCUT2D eigenvalue weighted by Gasteiger charge is 2.08. The summed E-state index contributed by atoms with van der Waals surface area (Å²) in [6.45, 7) is 0.833. The molecule has 0 aliphatic rings. The van der Waals surface area contributed by atoms with Gasteiger partial charge >= 0.3 is 0 Å². The molecule has 1 aromatic heterocycles. The predicted molar refractivity (Wildman–Crippen MR) is 50.5 cm³/mol. The number of methoxy groups -OCH3 is 1. The van der Waals surface area contributed by atoms with E-state index in [9.17, 15) is 0 Å². The van der Waals surface area contributed by atoms with Gasteiger partial charge in [0, 0.05) is 24.5 Å². The molecule has 0 saturated carbocycles. The monoisotopic (exact) mass is 186 g/mol. The van der Waals surface area contributed by atoms with Crippen molar-refractivity contribution >= 4 is 11.3 Å². The van der Waals surface area contributed by atoms with Crippen molar-refractivity contribution in [3.63, 3.8) is 0 Å². The lowest BCUT2D eigenvalue weighted by Crippen LogP contribution is -2.14. The number of hydrogen-bond acceptors (Lipinski definition) is 3. The summed E-state index contributed by atoms with van der Waals surface area (Å²) in [6, 6.07) is 4.12. The van der Waals surface area contributed by atoms with Crippen LogP contribution in [0, 0.1) is 5.92 Å². The molecule has 0 radical (unpaired) electrons. The average Bonchev–Trinajstić information content (AvgIpc) is 2.56. The van der Waals surface area contributed by atoms with E-state index < -0.39 is 0 Å². The molecule has 0 aliphatic carbocycles. The lowest BCUT2D eigenvalue weighted by molar-refractivity contribution is 0.110. The van der Waals surface area contributed by atoms with E-state index in [1.165, 1.54) is 4.88 Å². The van der Waals surface area contributed by atoms with Crippen LogP contribution in [0.3, 0.4) is 0 Å². The molecule has 1 aromatic rings. The van der Waals surface area contributed by atoms with E-state index in [4.69, 9.17) is 9.84 Å². The van der Waals surface area contributed by atoms with E-state index in [2.05, 4.69) is 11.4 Å². The van der Waals surface area contributed by atoms with Crippen molar-refractivity contribution in [2.75, 3.05) is 20.3 Å². The molecule has 0 fully saturated rings. The second-order valence-electron chi connectivity index (χ2n) is 2.79. The number of thiophene rings is 1. The first-order chi connectivity index (χ1) is 5.86. The van der Waals surface area contributed by atoms with Crippen LogP contribution in [0.5, 0.6) is 0 Å². The molecule has 1 heterocycles. The zero-order valence-electron chi connectivity index (χ0n) is 7.19. The molecular weight excluding hydrogens is 172 g/mol. The fourth-order valence-electron chi connectivity index (χ4n) is 1.13. The number of aliphatic hydroxyl groups is 1. The second kappa shape index (κ2) is 5.30. The van der Waals surface area contributed by atoms with Crippen molar-refractivity contribution in [1.82, 2.24) is 0 Å². The highest BCUT2D eigenvalue weighted by Crippen LogP contribution is 2.14. The van der Waals surface area contributed by atoms with Crippen LogP contribution in [0.15, 0.2) is 17.5 Å². The van der Waals surface area contributed by atoms with Crippen molar-refractivity contribution in [2.24, 2.45) is 5.92 Å². The van der Waals surface area contributed by atoms with Gasteiger partial charge in [-0.05, 0) is 17.9 Å². The quantitative estimate of drug-likeness (QED) is 0.756. The van der Waals surface area contributed by atoms with Gasteiger partial charge in [-0.3, -0.25) is 0 Å². The largest absolute Gasteiger partial charge is 0.396 e. The Balaban J connectivity index is 2.37. The van der Waals surface area contributed by atoms with Gasteiger partial charge in [0.25, 0.3) is 0 Å². The Hall–Kier alpha value is -0.380. The molecule has 0 aliphatic heterocycles. The molecule has 0 amide bonds. The molecule has 3 heteroatoms. The molecule has 1 N–H and O–H groups in total. The van der Waals surface area contributed by atoms with Crippen LogP contribution in [-0.2, 0) is 11.2 Å². The first-order valence-corrected chi connectivity index (χ1v) is 4.87. The number of hydrogen-bond donors (Lipinski definition) is 1. The van der Waals surface area contributed by atoms with Crippen LogP contribution in [0.2, 0.25) is 0 Å². The van der Waals surface area contributed by atoms with Crippen LogP contribution in [0.1, 0.15) is 4.88 Å². The minimum absolute atomic E-state index is 0.200. The summed E-state index contributed by atoms with van der Waals surface area (Å²) in [5.74, 6) is 0.244. The summed E-state index contributed by atoms with van der Waals surface area (Å²) >= 11 is 1.73. The SMILES string of the molecule is COCC(CO)Cc1cccs1. The smallest absolute Gasteiger partial charge is 0.0515 e. The van der Waals surface area contributed by atoms with E-state index in [-0.39, 0.29) is 12.5 Å². The Kier molecular flexibility index (Phi) is 4.29. The molecule has 1 unspecified atom stereocenters. The molecule has 12 heavy (non-hydrogen) atoms. The molecule has 0 saturated heterocycles. The summed E-state index contributed by atoms with van der Waals surface area (Å²) in [4.78, 5) is 1.31. The highest BCUT2D eigenvalue weighted by atomic mass is 32.1. The van der Waals surface area contributed by atoms with Crippen molar-refractivity contribution in [2.45, 2.75) is 6.42 Å². The Morgan fingerprint density at radius 1 is 1.67 bits per heavy atom. The maximum atomic E-state index is 8.98. The normalized spacial score (nSPS) is 13.2. The zero-order valence-corrected chi connectivity index (χ0v) is 8.01. The van der Waals surface area contributed by atoms with Gasteiger partial charge in [0.15, 0.2) is 0 Å². The Morgan fingerprint density at radius 3 is 3.00 bits per heavy atom. The fourth-order valence-corrected chi connectivity index (χ4v) is 1.95. The van der Waals surface area contributed by atoms with Crippen LogP contribution in [-0.4, -0.2) is 25.4 Å². The van der Waals surface area contributed by atoms with Crippen LogP contribution < -0.4 is 0 Å². The summed E-state index contributed by atoms with van der Waals surface area (Å²) in [7, 11) is 1.66. The summed E-state index contributed by atoms with van der Waals surface area (Å²) in [6.07, 6.45) is 0.919. The third-order valence-corrected chi connectivity index (χ3v) is 2.63. The van der Waals surface area contributed by atoms with Crippen molar-refractivity contribution in [1.29, 1.82) is 0 Å². The first kappa shape index (κ1) is 9.71. The summed E-state index contributed by atoms with van der Waals surface area (Å²) in [5.41, 5.74) is 0. The van der Waals surface area contributed by atoms with Gasteiger partial charge in [-0.2, -0.15) is 0 Å². The average molecular weight is 186 g/mol.